The van der Waals surface area contributed by atoms with Gasteiger partial charge in [0.05, 0.1) is 37.0 Å². The number of rotatable bonds is 4. The molecule has 31 heavy (non-hydrogen) atoms. The number of alkyl halides is 3. The van der Waals surface area contributed by atoms with Crippen molar-refractivity contribution in [3.8, 4) is 0 Å². The predicted molar refractivity (Wildman–Crippen MR) is 107 cm³/mol. The van der Waals surface area contributed by atoms with Gasteiger partial charge in [0.15, 0.2) is 5.65 Å². The third-order valence-electron chi connectivity index (χ3n) is 4.86. The van der Waals surface area contributed by atoms with Crippen molar-refractivity contribution in [1.29, 1.82) is 0 Å². The Hall–Kier alpha value is -3.12. The molecular formula is C18H16ClF3N8O. The fourth-order valence-corrected chi connectivity index (χ4v) is 3.53. The highest BCUT2D eigenvalue weighted by atomic mass is 35.5. The number of morpholine rings is 1. The maximum absolute atomic E-state index is 13.5. The number of nitrogens with zero attached hydrogens (tertiary/aromatic N) is 6. The number of anilines is 2. The minimum Gasteiger partial charge on any atom is -0.378 e. The first kappa shape index (κ1) is 19.8. The van der Waals surface area contributed by atoms with E-state index in [1.54, 1.807) is 23.1 Å². The van der Waals surface area contributed by atoms with E-state index in [1.807, 2.05) is 0 Å². The van der Waals surface area contributed by atoms with Gasteiger partial charge >= 0.3 is 6.18 Å². The summed E-state index contributed by atoms with van der Waals surface area (Å²) in [5.74, 6) is 0.876. The SMILES string of the molecule is FC(F)(F)c1cnn2c(NCc3nc4cc(Cl)ccc4[nH]3)nc(N3CCOCC3)nc12. The zero-order chi connectivity index (χ0) is 21.6. The van der Waals surface area contributed by atoms with Crippen molar-refractivity contribution in [3.05, 3.63) is 40.8 Å². The number of aromatic nitrogens is 6. The number of nitrogens with one attached hydrogen (secondary N) is 2. The van der Waals surface area contributed by atoms with Crippen molar-refractivity contribution < 1.29 is 17.9 Å². The number of ether oxygens (including phenoxy) is 1. The van der Waals surface area contributed by atoms with E-state index in [-0.39, 0.29) is 24.1 Å². The highest BCUT2D eigenvalue weighted by Crippen LogP contribution is 2.33. The Kier molecular flexibility index (Phi) is 4.82. The molecule has 1 aromatic carbocycles. The van der Waals surface area contributed by atoms with Gasteiger partial charge in [-0.3, -0.25) is 0 Å². The second-order valence-corrected chi connectivity index (χ2v) is 7.37. The van der Waals surface area contributed by atoms with E-state index in [0.717, 1.165) is 16.2 Å². The van der Waals surface area contributed by atoms with E-state index < -0.39 is 11.7 Å². The molecule has 0 saturated carbocycles. The summed E-state index contributed by atoms with van der Waals surface area (Å²) in [6.45, 7) is 2.04. The second-order valence-electron chi connectivity index (χ2n) is 6.94. The molecule has 0 amide bonds. The molecule has 0 atom stereocenters. The number of benzene rings is 1. The van der Waals surface area contributed by atoms with E-state index in [2.05, 4.69) is 30.4 Å². The second kappa shape index (κ2) is 7.54. The van der Waals surface area contributed by atoms with Crippen LogP contribution in [0.5, 0.6) is 0 Å². The molecular weight excluding hydrogens is 437 g/mol. The maximum atomic E-state index is 13.5. The summed E-state index contributed by atoms with van der Waals surface area (Å²) in [7, 11) is 0. The van der Waals surface area contributed by atoms with Crippen LogP contribution in [0.3, 0.4) is 0 Å². The Bertz CT molecular complexity index is 1250. The van der Waals surface area contributed by atoms with Crippen LogP contribution in [0, 0.1) is 0 Å². The average Bonchev–Trinajstić information content (AvgIpc) is 3.36. The van der Waals surface area contributed by atoms with E-state index in [9.17, 15) is 13.2 Å². The normalized spacial score (nSPS) is 15.2. The van der Waals surface area contributed by atoms with E-state index >= 15 is 0 Å². The van der Waals surface area contributed by atoms with Crippen LogP contribution in [0.15, 0.2) is 24.4 Å². The minimum absolute atomic E-state index is 0.125. The van der Waals surface area contributed by atoms with Crippen molar-refractivity contribution in [1.82, 2.24) is 29.5 Å². The first-order chi connectivity index (χ1) is 14.9. The van der Waals surface area contributed by atoms with Crippen LogP contribution in [-0.2, 0) is 17.5 Å². The summed E-state index contributed by atoms with van der Waals surface area (Å²) in [6.07, 6.45) is -3.84. The molecule has 2 N–H and O–H groups in total. The number of aromatic amines is 1. The monoisotopic (exact) mass is 452 g/mol. The summed E-state index contributed by atoms with van der Waals surface area (Å²) in [4.78, 5) is 17.9. The molecule has 162 valence electrons. The van der Waals surface area contributed by atoms with Crippen molar-refractivity contribution in [2.75, 3.05) is 36.5 Å². The van der Waals surface area contributed by atoms with Gasteiger partial charge in [0.25, 0.3) is 0 Å². The molecule has 4 heterocycles. The van der Waals surface area contributed by atoms with E-state index in [1.165, 1.54) is 0 Å². The van der Waals surface area contributed by atoms with Crippen molar-refractivity contribution in [2.45, 2.75) is 12.7 Å². The third-order valence-corrected chi connectivity index (χ3v) is 5.10. The molecule has 1 aliphatic heterocycles. The Labute approximate surface area is 178 Å². The molecule has 4 aromatic rings. The van der Waals surface area contributed by atoms with E-state index in [0.29, 0.717) is 42.7 Å². The lowest BCUT2D eigenvalue weighted by molar-refractivity contribution is -0.136. The van der Waals surface area contributed by atoms with Gasteiger partial charge in [-0.25, -0.2) is 4.98 Å². The number of hydrogen-bond acceptors (Lipinski definition) is 7. The topological polar surface area (TPSA) is 96.3 Å². The van der Waals surface area contributed by atoms with Crippen molar-refractivity contribution >= 4 is 40.2 Å². The number of hydrogen-bond donors (Lipinski definition) is 2. The van der Waals surface area contributed by atoms with Gasteiger partial charge in [-0.1, -0.05) is 11.6 Å². The van der Waals surface area contributed by atoms with Gasteiger partial charge in [-0.2, -0.15) is 32.8 Å². The highest BCUT2D eigenvalue weighted by Gasteiger charge is 2.36. The van der Waals surface area contributed by atoms with Gasteiger partial charge < -0.3 is 19.9 Å². The quantitative estimate of drug-likeness (QED) is 0.491. The lowest BCUT2D eigenvalue weighted by atomic mass is 10.3. The summed E-state index contributed by atoms with van der Waals surface area (Å²) in [5.41, 5.74) is 0.236. The Morgan fingerprint density at radius 3 is 2.74 bits per heavy atom. The van der Waals surface area contributed by atoms with E-state index in [4.69, 9.17) is 16.3 Å². The van der Waals surface area contributed by atoms with Gasteiger partial charge in [0.2, 0.25) is 11.9 Å². The van der Waals surface area contributed by atoms with Crippen LogP contribution in [0.2, 0.25) is 5.02 Å². The zero-order valence-electron chi connectivity index (χ0n) is 15.9. The molecule has 13 heteroatoms. The first-order valence-electron chi connectivity index (χ1n) is 9.42. The van der Waals surface area contributed by atoms with Crippen LogP contribution in [0.1, 0.15) is 11.4 Å². The molecule has 1 fully saturated rings. The van der Waals surface area contributed by atoms with Crippen molar-refractivity contribution in [2.24, 2.45) is 0 Å². The van der Waals surface area contributed by atoms with Gasteiger partial charge in [-0.15, -0.1) is 0 Å². The molecule has 0 aliphatic carbocycles. The number of fused-ring (bicyclic) bond motifs is 2. The highest BCUT2D eigenvalue weighted by molar-refractivity contribution is 6.31. The van der Waals surface area contributed by atoms with Crippen LogP contribution < -0.4 is 10.2 Å². The van der Waals surface area contributed by atoms with Crippen LogP contribution >= 0.6 is 11.6 Å². The van der Waals surface area contributed by atoms with Crippen LogP contribution in [0.4, 0.5) is 25.1 Å². The summed E-state index contributed by atoms with van der Waals surface area (Å²) >= 11 is 5.99. The van der Waals surface area contributed by atoms with Gasteiger partial charge in [-0.05, 0) is 18.2 Å². The first-order valence-corrected chi connectivity index (χ1v) is 9.80. The Morgan fingerprint density at radius 1 is 1.16 bits per heavy atom. The Balaban J connectivity index is 1.51. The number of imidazole rings is 1. The fourth-order valence-electron chi connectivity index (χ4n) is 3.36. The summed E-state index contributed by atoms with van der Waals surface area (Å²) in [5, 5.41) is 7.43. The van der Waals surface area contributed by atoms with Gasteiger partial charge in [0, 0.05) is 18.1 Å². The zero-order valence-corrected chi connectivity index (χ0v) is 16.7. The average molecular weight is 453 g/mol. The molecule has 9 nitrogen and oxygen atoms in total. The third kappa shape index (κ3) is 3.83. The standard InChI is InChI=1S/C18H16ClF3N8O/c19-10-1-2-12-13(7-10)26-14(25-12)9-23-16-28-17(29-3-5-31-6-4-29)27-15-11(18(20,21)22)8-24-30(15)16/h1-2,7-8H,3-6,9H2,(H,25,26)(H,23,27,28). The molecule has 0 radical (unpaired) electrons. The fraction of sp³-hybridized carbons (Fsp3) is 0.333. The van der Waals surface area contributed by atoms with Crippen LogP contribution in [-0.4, -0.2) is 55.9 Å². The van der Waals surface area contributed by atoms with Crippen LogP contribution in [0.25, 0.3) is 16.7 Å². The molecule has 0 spiro atoms. The molecule has 5 rings (SSSR count). The number of halogens is 4. The lowest BCUT2D eigenvalue weighted by Crippen LogP contribution is -2.37. The van der Waals surface area contributed by atoms with Gasteiger partial charge in [0.1, 0.15) is 11.4 Å². The molecule has 1 aliphatic rings. The molecule has 3 aromatic heterocycles. The van der Waals surface area contributed by atoms with Crippen molar-refractivity contribution in [3.63, 3.8) is 0 Å². The minimum atomic E-state index is -4.59. The largest absolute Gasteiger partial charge is 0.421 e. The molecule has 1 saturated heterocycles. The summed E-state index contributed by atoms with van der Waals surface area (Å²) in [6, 6.07) is 5.26. The molecule has 0 bridgehead atoms. The molecule has 0 unspecified atom stereocenters. The summed E-state index contributed by atoms with van der Waals surface area (Å²) < 4.78 is 46.8. The maximum Gasteiger partial charge on any atom is 0.421 e. The Morgan fingerprint density at radius 2 is 1.97 bits per heavy atom. The predicted octanol–water partition coefficient (Wildman–Crippen LogP) is 3.12. The number of H-pyrrole nitrogens is 1. The smallest absolute Gasteiger partial charge is 0.378 e. The lowest BCUT2D eigenvalue weighted by Gasteiger charge is -2.27.